The normalized spacial score (nSPS) is 11.4. The number of pyridine rings is 3. The molecule has 0 unspecified atom stereocenters. The van der Waals surface area contributed by atoms with E-state index < -0.39 is 0 Å². The van der Waals surface area contributed by atoms with Gasteiger partial charge in [0.2, 0.25) is 0 Å². The number of aromatic nitrogens is 6. The van der Waals surface area contributed by atoms with Crippen LogP contribution in [0.25, 0.3) is 55.8 Å². The zero-order valence-corrected chi connectivity index (χ0v) is 20.7. The molecule has 0 saturated carbocycles. The number of hydrogen-bond donors (Lipinski definition) is 3. The molecule has 6 aromatic rings. The standard InChI is InChI=1S/C28H25N7S/c1-3-4-5-17(2)31-20-12-19(14-29-15-20)23-6-7-24-26(32-23)27(35-34-24)25-13-22-21(18-9-11-36-16-18)8-10-30-28(22)33-25/h6-16,31H,2-5H2,1H3,(H,30,33)(H,34,35). The van der Waals surface area contributed by atoms with Gasteiger partial charge in [-0.25, -0.2) is 9.97 Å². The molecule has 0 aromatic carbocycles. The van der Waals surface area contributed by atoms with Crippen molar-refractivity contribution in [2.75, 3.05) is 5.32 Å². The van der Waals surface area contributed by atoms with Crippen LogP contribution in [0.4, 0.5) is 5.69 Å². The second-order valence-corrected chi connectivity index (χ2v) is 9.56. The van der Waals surface area contributed by atoms with Crippen LogP contribution in [0, 0.1) is 0 Å². The molecule has 6 aromatic heterocycles. The number of nitrogens with zero attached hydrogens (tertiary/aromatic N) is 4. The first-order chi connectivity index (χ1) is 17.7. The predicted octanol–water partition coefficient (Wildman–Crippen LogP) is 7.41. The smallest absolute Gasteiger partial charge is 0.138 e. The van der Waals surface area contributed by atoms with Crippen molar-refractivity contribution in [3.63, 3.8) is 0 Å². The van der Waals surface area contributed by atoms with Gasteiger partial charge in [-0.1, -0.05) is 19.9 Å². The summed E-state index contributed by atoms with van der Waals surface area (Å²) in [5.41, 5.74) is 10.1. The molecule has 0 aliphatic rings. The van der Waals surface area contributed by atoms with Gasteiger partial charge < -0.3 is 10.3 Å². The molecule has 3 N–H and O–H groups in total. The van der Waals surface area contributed by atoms with Gasteiger partial charge in [0.15, 0.2) is 0 Å². The van der Waals surface area contributed by atoms with Gasteiger partial charge in [-0.05, 0) is 71.1 Å². The maximum Gasteiger partial charge on any atom is 0.138 e. The summed E-state index contributed by atoms with van der Waals surface area (Å²) in [7, 11) is 0. The minimum Gasteiger partial charge on any atom is -0.358 e. The van der Waals surface area contributed by atoms with Gasteiger partial charge in [-0.2, -0.15) is 16.4 Å². The third kappa shape index (κ3) is 4.16. The Labute approximate surface area is 212 Å². The highest BCUT2D eigenvalue weighted by Gasteiger charge is 2.16. The second-order valence-electron chi connectivity index (χ2n) is 8.78. The van der Waals surface area contributed by atoms with Crippen LogP contribution in [0.3, 0.4) is 0 Å². The minimum atomic E-state index is 0.760. The average molecular weight is 492 g/mol. The molecule has 0 atom stereocenters. The first kappa shape index (κ1) is 22.2. The zero-order valence-electron chi connectivity index (χ0n) is 19.9. The fourth-order valence-corrected chi connectivity index (χ4v) is 5.03. The number of fused-ring (bicyclic) bond motifs is 2. The largest absolute Gasteiger partial charge is 0.358 e. The molecule has 178 valence electrons. The molecule has 36 heavy (non-hydrogen) atoms. The van der Waals surface area contributed by atoms with Gasteiger partial charge in [0.05, 0.1) is 28.8 Å². The van der Waals surface area contributed by atoms with E-state index in [-0.39, 0.29) is 0 Å². The first-order valence-corrected chi connectivity index (χ1v) is 12.9. The number of anilines is 1. The summed E-state index contributed by atoms with van der Waals surface area (Å²) in [6, 6.07) is 12.3. The van der Waals surface area contributed by atoms with Crippen LogP contribution in [0.15, 0.2) is 78.0 Å². The fourth-order valence-electron chi connectivity index (χ4n) is 4.38. The van der Waals surface area contributed by atoms with Crippen molar-refractivity contribution < 1.29 is 0 Å². The van der Waals surface area contributed by atoms with Crippen molar-refractivity contribution in [1.29, 1.82) is 0 Å². The summed E-state index contributed by atoms with van der Waals surface area (Å²) in [6.45, 7) is 6.31. The fraction of sp³-hybridized carbons (Fsp3) is 0.143. The molecule has 6 heterocycles. The first-order valence-electron chi connectivity index (χ1n) is 12.0. The quantitative estimate of drug-likeness (QED) is 0.206. The second kappa shape index (κ2) is 9.39. The van der Waals surface area contributed by atoms with Gasteiger partial charge >= 0.3 is 0 Å². The van der Waals surface area contributed by atoms with Crippen LogP contribution in [0.2, 0.25) is 0 Å². The summed E-state index contributed by atoms with van der Waals surface area (Å²) < 4.78 is 0. The Hall–Kier alpha value is -4.30. The van der Waals surface area contributed by atoms with Crippen molar-refractivity contribution in [3.05, 3.63) is 78.0 Å². The van der Waals surface area contributed by atoms with Crippen molar-refractivity contribution in [2.45, 2.75) is 26.2 Å². The lowest BCUT2D eigenvalue weighted by atomic mass is 10.1. The number of hydrogen-bond acceptors (Lipinski definition) is 6. The number of unbranched alkanes of at least 4 members (excludes halogenated alkanes) is 1. The van der Waals surface area contributed by atoms with Gasteiger partial charge in [-0.3, -0.25) is 10.1 Å². The Balaban J connectivity index is 1.37. The predicted molar refractivity (Wildman–Crippen MR) is 148 cm³/mol. The van der Waals surface area contributed by atoms with Gasteiger partial charge in [0, 0.05) is 29.0 Å². The molecule has 0 fully saturated rings. The van der Waals surface area contributed by atoms with Crippen LogP contribution >= 0.6 is 11.3 Å². The van der Waals surface area contributed by atoms with E-state index in [4.69, 9.17) is 4.98 Å². The molecule has 0 aliphatic carbocycles. The summed E-state index contributed by atoms with van der Waals surface area (Å²) >= 11 is 1.68. The number of thiophene rings is 1. The minimum absolute atomic E-state index is 0.760. The molecule has 0 bridgehead atoms. The summed E-state index contributed by atoms with van der Waals surface area (Å²) in [4.78, 5) is 17.4. The van der Waals surface area contributed by atoms with E-state index in [9.17, 15) is 0 Å². The Bertz CT molecular complexity index is 1680. The topological polar surface area (TPSA) is 95.2 Å². The number of nitrogens with one attached hydrogen (secondary N) is 3. The summed E-state index contributed by atoms with van der Waals surface area (Å²) in [5, 5.41) is 16.4. The Kier molecular flexibility index (Phi) is 5.79. The molecule has 7 nitrogen and oxygen atoms in total. The lowest BCUT2D eigenvalue weighted by Crippen LogP contribution is -1.99. The Morgan fingerprint density at radius 3 is 2.92 bits per heavy atom. The molecular weight excluding hydrogens is 466 g/mol. The van der Waals surface area contributed by atoms with Crippen molar-refractivity contribution in [3.8, 4) is 33.8 Å². The monoisotopic (exact) mass is 491 g/mol. The highest BCUT2D eigenvalue weighted by molar-refractivity contribution is 7.08. The third-order valence-corrected chi connectivity index (χ3v) is 6.90. The number of allylic oxidation sites excluding steroid dienone is 1. The maximum absolute atomic E-state index is 4.97. The van der Waals surface area contributed by atoms with Gasteiger partial charge in [0.1, 0.15) is 16.9 Å². The van der Waals surface area contributed by atoms with E-state index in [1.54, 1.807) is 11.3 Å². The van der Waals surface area contributed by atoms with Crippen molar-refractivity contribution >= 4 is 39.1 Å². The molecule has 0 aliphatic heterocycles. The van der Waals surface area contributed by atoms with Gasteiger partial charge in [0.25, 0.3) is 0 Å². The summed E-state index contributed by atoms with van der Waals surface area (Å²) in [5.74, 6) is 0. The van der Waals surface area contributed by atoms with Crippen LogP contribution in [0.1, 0.15) is 26.2 Å². The lowest BCUT2D eigenvalue weighted by Gasteiger charge is -2.10. The van der Waals surface area contributed by atoms with E-state index in [2.05, 4.69) is 72.9 Å². The molecular formula is C28H25N7S. The van der Waals surface area contributed by atoms with E-state index >= 15 is 0 Å². The average Bonchev–Trinajstić information content (AvgIpc) is 3.66. The van der Waals surface area contributed by atoms with E-state index in [1.165, 1.54) is 5.56 Å². The van der Waals surface area contributed by atoms with Crippen molar-refractivity contribution in [1.82, 2.24) is 30.1 Å². The summed E-state index contributed by atoms with van der Waals surface area (Å²) in [6.07, 6.45) is 8.66. The van der Waals surface area contributed by atoms with Crippen LogP contribution < -0.4 is 5.32 Å². The van der Waals surface area contributed by atoms with Crippen LogP contribution in [0.5, 0.6) is 0 Å². The SMILES string of the molecule is C=C(CCCC)Nc1cncc(-c2ccc3[nH]nc(-c4cc5c(-c6ccsc6)ccnc5[nH]4)c3n2)c1. The van der Waals surface area contributed by atoms with E-state index in [0.29, 0.717) is 0 Å². The molecule has 6 rings (SSSR count). The van der Waals surface area contributed by atoms with Gasteiger partial charge in [-0.15, -0.1) is 0 Å². The number of aromatic amines is 2. The molecule has 8 heteroatoms. The Morgan fingerprint density at radius 2 is 2.06 bits per heavy atom. The third-order valence-electron chi connectivity index (χ3n) is 6.21. The number of rotatable bonds is 8. The molecule has 0 saturated heterocycles. The maximum atomic E-state index is 4.97. The number of H-pyrrole nitrogens is 2. The molecule has 0 spiro atoms. The highest BCUT2D eigenvalue weighted by Crippen LogP contribution is 2.34. The molecule has 0 radical (unpaired) electrons. The van der Waals surface area contributed by atoms with Crippen LogP contribution in [-0.4, -0.2) is 30.1 Å². The highest BCUT2D eigenvalue weighted by atomic mass is 32.1. The van der Waals surface area contributed by atoms with Crippen molar-refractivity contribution in [2.24, 2.45) is 0 Å². The molecule has 0 amide bonds. The zero-order chi connectivity index (χ0) is 24.5. The lowest BCUT2D eigenvalue weighted by molar-refractivity contribution is 0.791. The van der Waals surface area contributed by atoms with E-state index in [0.717, 1.165) is 80.9 Å². The Morgan fingerprint density at radius 1 is 1.11 bits per heavy atom. The van der Waals surface area contributed by atoms with E-state index in [1.807, 2.05) is 36.8 Å². The van der Waals surface area contributed by atoms with Crippen LogP contribution in [-0.2, 0) is 0 Å².